The van der Waals surface area contributed by atoms with Crippen molar-refractivity contribution in [2.75, 3.05) is 20.3 Å². The van der Waals surface area contributed by atoms with Crippen LogP contribution in [0.5, 0.6) is 5.75 Å². The quantitative estimate of drug-likeness (QED) is 0.828. The molecule has 0 saturated heterocycles. The first-order valence-corrected chi connectivity index (χ1v) is 7.17. The molecule has 3 nitrogen and oxygen atoms in total. The van der Waals surface area contributed by atoms with Gasteiger partial charge in [-0.1, -0.05) is 36.4 Å². The first-order valence-electron chi connectivity index (χ1n) is 7.17. The number of ether oxygens (including phenoxy) is 2. The molecular weight excluding hydrogens is 262 g/mol. The van der Waals surface area contributed by atoms with E-state index < -0.39 is 0 Å². The Morgan fingerprint density at radius 2 is 1.76 bits per heavy atom. The lowest BCUT2D eigenvalue weighted by Crippen LogP contribution is -2.15. The molecule has 0 bridgehead atoms. The second-order valence-electron chi connectivity index (χ2n) is 5.20. The van der Waals surface area contributed by atoms with Crippen molar-refractivity contribution >= 4 is 0 Å². The fourth-order valence-electron chi connectivity index (χ4n) is 2.24. The van der Waals surface area contributed by atoms with Crippen LogP contribution in [0.25, 0.3) is 0 Å². The highest BCUT2D eigenvalue weighted by atomic mass is 16.5. The summed E-state index contributed by atoms with van der Waals surface area (Å²) in [5.41, 5.74) is 11.0. The third-order valence-electron chi connectivity index (χ3n) is 3.69. The van der Waals surface area contributed by atoms with E-state index in [2.05, 4.69) is 32.0 Å². The normalized spacial score (nSPS) is 12.2. The molecule has 1 atom stereocenters. The Morgan fingerprint density at radius 1 is 1.00 bits per heavy atom. The summed E-state index contributed by atoms with van der Waals surface area (Å²) in [5, 5.41) is 0. The van der Waals surface area contributed by atoms with Gasteiger partial charge in [0, 0.05) is 12.7 Å². The van der Waals surface area contributed by atoms with Gasteiger partial charge in [0.25, 0.3) is 0 Å². The van der Waals surface area contributed by atoms with Gasteiger partial charge in [-0.15, -0.1) is 0 Å². The second-order valence-corrected chi connectivity index (χ2v) is 5.20. The van der Waals surface area contributed by atoms with Crippen molar-refractivity contribution in [2.45, 2.75) is 19.9 Å². The smallest absolute Gasteiger partial charge is 0.124 e. The van der Waals surface area contributed by atoms with Crippen molar-refractivity contribution in [1.29, 1.82) is 0 Å². The average Bonchev–Trinajstić information content (AvgIpc) is 2.50. The maximum Gasteiger partial charge on any atom is 0.124 e. The number of para-hydroxylation sites is 1. The Labute approximate surface area is 126 Å². The Hall–Kier alpha value is -1.84. The molecule has 0 aliphatic rings. The van der Waals surface area contributed by atoms with Crippen molar-refractivity contribution in [3.05, 3.63) is 64.7 Å². The molecule has 0 aromatic heterocycles. The number of aryl methyl sites for hydroxylation is 2. The molecule has 3 heteroatoms. The van der Waals surface area contributed by atoms with Gasteiger partial charge >= 0.3 is 0 Å². The van der Waals surface area contributed by atoms with Gasteiger partial charge in [-0.25, -0.2) is 0 Å². The minimum atomic E-state index is -0.192. The number of hydrogen-bond acceptors (Lipinski definition) is 3. The molecule has 0 saturated carbocycles. The summed E-state index contributed by atoms with van der Waals surface area (Å²) in [4.78, 5) is 0. The zero-order valence-corrected chi connectivity index (χ0v) is 12.9. The summed E-state index contributed by atoms with van der Waals surface area (Å²) < 4.78 is 10.8. The van der Waals surface area contributed by atoms with Gasteiger partial charge in [-0.05, 0) is 36.6 Å². The summed E-state index contributed by atoms with van der Waals surface area (Å²) >= 11 is 0. The Morgan fingerprint density at radius 3 is 2.48 bits per heavy atom. The van der Waals surface area contributed by atoms with Crippen LogP contribution < -0.4 is 10.5 Å². The van der Waals surface area contributed by atoms with Crippen molar-refractivity contribution in [3.8, 4) is 5.75 Å². The summed E-state index contributed by atoms with van der Waals surface area (Å²) in [6.45, 7) is 5.29. The fourth-order valence-corrected chi connectivity index (χ4v) is 2.24. The molecule has 2 N–H and O–H groups in total. The minimum Gasteiger partial charge on any atom is -0.491 e. The zero-order chi connectivity index (χ0) is 15.2. The van der Waals surface area contributed by atoms with E-state index in [0.717, 1.165) is 16.9 Å². The van der Waals surface area contributed by atoms with E-state index in [0.29, 0.717) is 13.2 Å². The Bertz CT molecular complexity index is 596. The molecule has 2 rings (SSSR count). The average molecular weight is 285 g/mol. The molecule has 0 heterocycles. The molecular formula is C18H23NO2. The highest BCUT2D eigenvalue weighted by Crippen LogP contribution is 2.29. The summed E-state index contributed by atoms with van der Waals surface area (Å²) in [7, 11) is 1.66. The van der Waals surface area contributed by atoms with Gasteiger partial charge in [0.1, 0.15) is 12.4 Å². The van der Waals surface area contributed by atoms with Crippen LogP contribution in [-0.4, -0.2) is 20.3 Å². The number of methoxy groups -OCH3 is 1. The van der Waals surface area contributed by atoms with Gasteiger partial charge in [0.2, 0.25) is 0 Å². The highest BCUT2D eigenvalue weighted by Gasteiger charge is 2.14. The molecule has 21 heavy (non-hydrogen) atoms. The number of nitrogens with two attached hydrogens (primary N) is 1. The summed E-state index contributed by atoms with van der Waals surface area (Å²) in [6, 6.07) is 14.1. The molecule has 0 spiro atoms. The van der Waals surface area contributed by atoms with Crippen LogP contribution >= 0.6 is 0 Å². The predicted octanol–water partition coefficient (Wildman–Crippen LogP) is 3.38. The standard InChI is InChI=1S/C18H23NO2/c1-13-8-9-15(12-14(13)2)18(19)16-6-4-5-7-17(16)21-11-10-20-3/h4-9,12,18H,10-11,19H2,1-3H3. The monoisotopic (exact) mass is 285 g/mol. The van der Waals surface area contributed by atoms with Crippen LogP contribution in [0.1, 0.15) is 28.3 Å². The van der Waals surface area contributed by atoms with E-state index in [4.69, 9.17) is 15.2 Å². The van der Waals surface area contributed by atoms with Crippen molar-refractivity contribution in [3.63, 3.8) is 0 Å². The van der Waals surface area contributed by atoms with Crippen molar-refractivity contribution in [1.82, 2.24) is 0 Å². The number of benzene rings is 2. The third-order valence-corrected chi connectivity index (χ3v) is 3.69. The minimum absolute atomic E-state index is 0.192. The molecule has 0 aliphatic carbocycles. The van der Waals surface area contributed by atoms with Crippen LogP contribution in [-0.2, 0) is 4.74 Å². The molecule has 0 amide bonds. The Kier molecular flexibility index (Phi) is 5.37. The van der Waals surface area contributed by atoms with E-state index in [9.17, 15) is 0 Å². The fraction of sp³-hybridized carbons (Fsp3) is 0.333. The molecule has 0 aliphatic heterocycles. The van der Waals surface area contributed by atoms with Crippen molar-refractivity contribution in [2.24, 2.45) is 5.73 Å². The lowest BCUT2D eigenvalue weighted by molar-refractivity contribution is 0.145. The van der Waals surface area contributed by atoms with Gasteiger partial charge in [0.05, 0.1) is 12.6 Å². The molecule has 1 unspecified atom stereocenters. The third kappa shape index (κ3) is 3.84. The van der Waals surface area contributed by atoms with Crippen LogP contribution in [0, 0.1) is 13.8 Å². The summed E-state index contributed by atoms with van der Waals surface area (Å²) in [5.74, 6) is 0.820. The molecule has 112 valence electrons. The van der Waals surface area contributed by atoms with Gasteiger partial charge in [-0.3, -0.25) is 0 Å². The van der Waals surface area contributed by atoms with Gasteiger partial charge < -0.3 is 15.2 Å². The highest BCUT2D eigenvalue weighted by molar-refractivity contribution is 5.43. The largest absolute Gasteiger partial charge is 0.491 e. The van der Waals surface area contributed by atoms with Crippen molar-refractivity contribution < 1.29 is 9.47 Å². The van der Waals surface area contributed by atoms with Crippen LogP contribution in [0.3, 0.4) is 0 Å². The molecule has 2 aromatic rings. The van der Waals surface area contributed by atoms with Crippen LogP contribution in [0.2, 0.25) is 0 Å². The first-order chi connectivity index (χ1) is 10.1. The maximum atomic E-state index is 6.43. The second kappa shape index (κ2) is 7.25. The van der Waals surface area contributed by atoms with E-state index in [1.54, 1.807) is 7.11 Å². The SMILES string of the molecule is COCCOc1ccccc1C(N)c1ccc(C)c(C)c1. The first kappa shape index (κ1) is 15.5. The predicted molar refractivity (Wildman–Crippen MR) is 85.8 cm³/mol. The van der Waals surface area contributed by atoms with Crippen LogP contribution in [0.4, 0.5) is 0 Å². The summed E-state index contributed by atoms with van der Waals surface area (Å²) in [6.07, 6.45) is 0. The number of hydrogen-bond donors (Lipinski definition) is 1. The molecule has 0 fully saturated rings. The lowest BCUT2D eigenvalue weighted by atomic mass is 9.96. The van der Waals surface area contributed by atoms with E-state index >= 15 is 0 Å². The number of rotatable bonds is 6. The van der Waals surface area contributed by atoms with E-state index in [1.165, 1.54) is 11.1 Å². The topological polar surface area (TPSA) is 44.5 Å². The van der Waals surface area contributed by atoms with E-state index in [1.807, 2.05) is 24.3 Å². The molecule has 2 aromatic carbocycles. The van der Waals surface area contributed by atoms with Gasteiger partial charge in [-0.2, -0.15) is 0 Å². The Balaban J connectivity index is 2.25. The molecule has 0 radical (unpaired) electrons. The van der Waals surface area contributed by atoms with E-state index in [-0.39, 0.29) is 6.04 Å². The maximum absolute atomic E-state index is 6.43. The van der Waals surface area contributed by atoms with Crippen LogP contribution in [0.15, 0.2) is 42.5 Å². The zero-order valence-electron chi connectivity index (χ0n) is 12.9. The van der Waals surface area contributed by atoms with Gasteiger partial charge in [0.15, 0.2) is 0 Å². The lowest BCUT2D eigenvalue weighted by Gasteiger charge is -2.18.